The van der Waals surface area contributed by atoms with E-state index in [4.69, 9.17) is 10.5 Å². The van der Waals surface area contributed by atoms with Crippen LogP contribution in [-0.2, 0) is 4.79 Å². The van der Waals surface area contributed by atoms with Crippen molar-refractivity contribution in [2.75, 3.05) is 30.3 Å². The molecule has 3 aromatic rings. The average Bonchev–Trinajstić information content (AvgIpc) is 3.31. The maximum atomic E-state index is 14.1. The van der Waals surface area contributed by atoms with E-state index in [1.165, 1.54) is 18.2 Å². The van der Waals surface area contributed by atoms with E-state index in [1.807, 2.05) is 4.90 Å². The highest BCUT2D eigenvalue weighted by Gasteiger charge is 2.45. The summed E-state index contributed by atoms with van der Waals surface area (Å²) in [5.74, 6) is -0.958. The number of nitrogen functional groups attached to an aromatic ring is 1. The van der Waals surface area contributed by atoms with Crippen molar-refractivity contribution in [3.05, 3.63) is 60.4 Å². The standard InChI is InChI=1S/C26H27F3N6O3/c27-26(28,29)22(18-3-1-16(2-4-18)17-5-9-31-10-6-17)38-21-13-20(33-24(30)34-21)35-11-7-25(8-12-35)14-19(23(36)37)32-15-25/h1-6,9-10,13,19,22,32H,7-8,11-12,14-15H2,(H,36,37)(H2,30,33,34)/t19-,22+/m0/s1. The van der Waals surface area contributed by atoms with E-state index in [9.17, 15) is 23.1 Å². The highest BCUT2D eigenvalue weighted by atomic mass is 19.4. The zero-order valence-corrected chi connectivity index (χ0v) is 20.4. The Balaban J connectivity index is 1.32. The molecule has 12 heteroatoms. The van der Waals surface area contributed by atoms with Crippen molar-refractivity contribution in [1.82, 2.24) is 20.3 Å². The topological polar surface area (TPSA) is 126 Å². The lowest BCUT2D eigenvalue weighted by atomic mass is 9.76. The van der Waals surface area contributed by atoms with Gasteiger partial charge in [-0.1, -0.05) is 24.3 Å². The Morgan fingerprint density at radius 2 is 1.76 bits per heavy atom. The number of piperidine rings is 1. The molecule has 1 spiro atoms. The number of carboxylic acid groups (broad SMARTS) is 1. The zero-order chi connectivity index (χ0) is 26.9. The quantitative estimate of drug-likeness (QED) is 0.437. The van der Waals surface area contributed by atoms with Crippen molar-refractivity contribution < 1.29 is 27.8 Å². The van der Waals surface area contributed by atoms with Gasteiger partial charge < -0.3 is 25.8 Å². The molecule has 5 rings (SSSR count). The van der Waals surface area contributed by atoms with Crippen LogP contribution in [-0.4, -0.2) is 57.9 Å². The lowest BCUT2D eigenvalue weighted by Crippen LogP contribution is -2.41. The fraction of sp³-hybridized carbons (Fsp3) is 0.385. The second-order valence-electron chi connectivity index (χ2n) is 9.78. The molecule has 0 radical (unpaired) electrons. The molecule has 2 saturated heterocycles. The van der Waals surface area contributed by atoms with E-state index in [-0.39, 0.29) is 22.8 Å². The molecule has 1 aromatic carbocycles. The van der Waals surface area contributed by atoms with Crippen molar-refractivity contribution in [2.45, 2.75) is 37.6 Å². The van der Waals surface area contributed by atoms with Crippen LogP contribution in [0.4, 0.5) is 24.9 Å². The van der Waals surface area contributed by atoms with Crippen LogP contribution in [0.5, 0.6) is 5.88 Å². The number of alkyl halides is 3. The molecule has 2 aliphatic heterocycles. The third-order valence-electron chi connectivity index (χ3n) is 7.28. The molecular weight excluding hydrogens is 501 g/mol. The average molecular weight is 529 g/mol. The van der Waals surface area contributed by atoms with Gasteiger partial charge in [0.05, 0.1) is 0 Å². The fourth-order valence-corrected chi connectivity index (χ4v) is 5.17. The number of nitrogens with zero attached hydrogens (tertiary/aromatic N) is 4. The first-order chi connectivity index (χ1) is 18.1. The Labute approximate surface area is 216 Å². The van der Waals surface area contributed by atoms with Crippen molar-refractivity contribution >= 4 is 17.7 Å². The minimum Gasteiger partial charge on any atom is -0.480 e. The van der Waals surface area contributed by atoms with E-state index in [2.05, 4.69) is 20.3 Å². The molecule has 4 heterocycles. The van der Waals surface area contributed by atoms with E-state index in [0.717, 1.165) is 24.0 Å². The van der Waals surface area contributed by atoms with Crippen LogP contribution in [0, 0.1) is 5.41 Å². The van der Waals surface area contributed by atoms with Gasteiger partial charge in [0.2, 0.25) is 17.9 Å². The summed E-state index contributed by atoms with van der Waals surface area (Å²) in [6.07, 6.45) is -1.74. The van der Waals surface area contributed by atoms with Crippen LogP contribution in [0.3, 0.4) is 0 Å². The van der Waals surface area contributed by atoms with E-state index in [0.29, 0.717) is 31.9 Å². The van der Waals surface area contributed by atoms with Crippen molar-refractivity contribution in [3.63, 3.8) is 0 Å². The number of benzene rings is 1. The lowest BCUT2D eigenvalue weighted by molar-refractivity contribution is -0.198. The third-order valence-corrected chi connectivity index (χ3v) is 7.28. The molecule has 38 heavy (non-hydrogen) atoms. The largest absolute Gasteiger partial charge is 0.480 e. The van der Waals surface area contributed by atoms with E-state index < -0.39 is 24.3 Å². The summed E-state index contributed by atoms with van der Waals surface area (Å²) in [5.41, 5.74) is 7.24. The smallest absolute Gasteiger partial charge is 0.429 e. The Morgan fingerprint density at radius 3 is 2.37 bits per heavy atom. The Morgan fingerprint density at radius 1 is 1.11 bits per heavy atom. The van der Waals surface area contributed by atoms with Gasteiger partial charge >= 0.3 is 12.1 Å². The Hall–Kier alpha value is -3.93. The molecule has 2 aliphatic rings. The molecule has 0 aliphatic carbocycles. The molecule has 200 valence electrons. The van der Waals surface area contributed by atoms with Gasteiger partial charge in [-0.3, -0.25) is 9.78 Å². The van der Waals surface area contributed by atoms with Crippen LogP contribution in [0.15, 0.2) is 54.9 Å². The Kier molecular flexibility index (Phi) is 6.82. The molecule has 2 aromatic heterocycles. The van der Waals surface area contributed by atoms with Gasteiger partial charge in [0.1, 0.15) is 11.9 Å². The molecule has 2 fully saturated rings. The van der Waals surface area contributed by atoms with Crippen molar-refractivity contribution in [3.8, 4) is 17.0 Å². The van der Waals surface area contributed by atoms with Crippen molar-refractivity contribution in [2.24, 2.45) is 5.41 Å². The summed E-state index contributed by atoms with van der Waals surface area (Å²) in [5, 5.41) is 12.4. The normalized spacial score (nSPS) is 19.9. The van der Waals surface area contributed by atoms with Gasteiger partial charge in [-0.15, -0.1) is 0 Å². The molecule has 0 unspecified atom stereocenters. The fourth-order valence-electron chi connectivity index (χ4n) is 5.17. The minimum atomic E-state index is -4.70. The molecule has 4 N–H and O–H groups in total. The van der Waals surface area contributed by atoms with Gasteiger partial charge in [0.15, 0.2) is 0 Å². The number of ether oxygens (including phenoxy) is 1. The van der Waals surface area contributed by atoms with Crippen LogP contribution in [0.25, 0.3) is 11.1 Å². The number of nitrogens with one attached hydrogen (secondary N) is 1. The molecule has 0 saturated carbocycles. The molecular formula is C26H27F3N6O3. The van der Waals surface area contributed by atoms with Crippen LogP contribution >= 0.6 is 0 Å². The van der Waals surface area contributed by atoms with E-state index >= 15 is 0 Å². The second kappa shape index (κ2) is 10.1. The van der Waals surface area contributed by atoms with E-state index in [1.54, 1.807) is 36.7 Å². The monoisotopic (exact) mass is 528 g/mol. The minimum absolute atomic E-state index is 0.0735. The summed E-state index contributed by atoms with van der Waals surface area (Å²) in [7, 11) is 0. The number of aromatic nitrogens is 3. The van der Waals surface area contributed by atoms with Crippen LogP contribution in [0.1, 0.15) is 30.9 Å². The number of hydrogen-bond donors (Lipinski definition) is 3. The number of hydrogen-bond acceptors (Lipinski definition) is 8. The first kappa shape index (κ1) is 25.7. The summed E-state index contributed by atoms with van der Waals surface area (Å²) < 4.78 is 47.6. The van der Waals surface area contributed by atoms with Gasteiger partial charge in [0, 0.05) is 43.7 Å². The summed E-state index contributed by atoms with van der Waals surface area (Å²) in [4.78, 5) is 25.3. The first-order valence-corrected chi connectivity index (χ1v) is 12.2. The summed E-state index contributed by atoms with van der Waals surface area (Å²) in [6.45, 7) is 1.73. The number of carbonyl (C=O) groups is 1. The number of anilines is 2. The number of carboxylic acids is 1. The maximum Gasteiger partial charge on any atom is 0.429 e. The highest BCUT2D eigenvalue weighted by Crippen LogP contribution is 2.41. The molecule has 0 amide bonds. The van der Waals surface area contributed by atoms with Gasteiger partial charge in [-0.2, -0.15) is 23.1 Å². The SMILES string of the molecule is Nc1nc(O[C@H](c2ccc(-c3ccncc3)cc2)C(F)(F)F)cc(N2CCC3(CC2)CN[C@H](C(=O)O)C3)n1. The maximum absolute atomic E-state index is 14.1. The molecule has 2 atom stereocenters. The number of pyridine rings is 1. The van der Waals surface area contributed by atoms with Crippen LogP contribution < -0.4 is 20.7 Å². The van der Waals surface area contributed by atoms with Gasteiger partial charge in [-0.05, 0) is 47.9 Å². The zero-order valence-electron chi connectivity index (χ0n) is 20.4. The summed E-state index contributed by atoms with van der Waals surface area (Å²) >= 11 is 0. The predicted molar refractivity (Wildman–Crippen MR) is 133 cm³/mol. The Bertz CT molecular complexity index is 1280. The van der Waals surface area contributed by atoms with Crippen molar-refractivity contribution in [1.29, 1.82) is 0 Å². The second-order valence-corrected chi connectivity index (χ2v) is 9.78. The summed E-state index contributed by atoms with van der Waals surface area (Å²) in [6, 6.07) is 10.3. The number of aliphatic carboxylic acids is 1. The van der Waals surface area contributed by atoms with Crippen LogP contribution in [0.2, 0.25) is 0 Å². The number of rotatable bonds is 6. The number of halogens is 3. The number of nitrogens with two attached hydrogens (primary N) is 1. The highest BCUT2D eigenvalue weighted by molar-refractivity contribution is 5.74. The third kappa shape index (κ3) is 5.49. The predicted octanol–water partition coefficient (Wildman–Crippen LogP) is 3.84. The first-order valence-electron chi connectivity index (χ1n) is 12.2. The van der Waals surface area contributed by atoms with Gasteiger partial charge in [-0.25, -0.2) is 0 Å². The lowest BCUT2D eigenvalue weighted by Gasteiger charge is -2.39. The molecule has 0 bridgehead atoms. The van der Waals surface area contributed by atoms with Gasteiger partial charge in [0.25, 0.3) is 0 Å². The molecule has 9 nitrogen and oxygen atoms in total.